The normalized spacial score (nSPS) is 15.6. The lowest BCUT2D eigenvalue weighted by atomic mass is 9.97. The molecule has 2 aromatic carbocycles. The van der Waals surface area contributed by atoms with E-state index in [0.29, 0.717) is 17.8 Å². The third-order valence-electron chi connectivity index (χ3n) is 5.56. The van der Waals surface area contributed by atoms with E-state index in [-0.39, 0.29) is 37.7 Å². The number of anilines is 1. The number of alkyl halides is 3. The molecule has 1 aliphatic rings. The highest BCUT2D eigenvalue weighted by Crippen LogP contribution is 2.36. The van der Waals surface area contributed by atoms with Crippen molar-refractivity contribution in [2.24, 2.45) is 5.92 Å². The van der Waals surface area contributed by atoms with Gasteiger partial charge in [0.15, 0.2) is 0 Å². The van der Waals surface area contributed by atoms with Crippen LogP contribution in [0.25, 0.3) is 0 Å². The summed E-state index contributed by atoms with van der Waals surface area (Å²) in [6.45, 7) is 2.31. The number of benzene rings is 2. The van der Waals surface area contributed by atoms with E-state index in [2.05, 4.69) is 10.6 Å². The van der Waals surface area contributed by atoms with Gasteiger partial charge in [0.05, 0.1) is 10.5 Å². The summed E-state index contributed by atoms with van der Waals surface area (Å²) in [5.74, 6) is -1.10. The quantitative estimate of drug-likeness (QED) is 0.607. The number of nitrogens with one attached hydrogen (secondary N) is 2. The fourth-order valence-corrected chi connectivity index (χ4v) is 5.43. The van der Waals surface area contributed by atoms with Gasteiger partial charge in [-0.1, -0.05) is 25.1 Å². The maximum Gasteiger partial charge on any atom is 0.417 e. The molecule has 0 bridgehead atoms. The van der Waals surface area contributed by atoms with Gasteiger partial charge in [0.2, 0.25) is 15.9 Å². The summed E-state index contributed by atoms with van der Waals surface area (Å²) in [7, 11) is -4.37. The van der Waals surface area contributed by atoms with Crippen LogP contribution in [-0.2, 0) is 21.0 Å². The molecule has 0 spiro atoms. The lowest BCUT2D eigenvalue weighted by molar-refractivity contribution is -0.139. The van der Waals surface area contributed by atoms with E-state index < -0.39 is 32.6 Å². The first-order chi connectivity index (χ1) is 16.0. The van der Waals surface area contributed by atoms with Crippen molar-refractivity contribution in [1.29, 1.82) is 0 Å². The molecule has 2 amide bonds. The maximum absolute atomic E-state index is 13.3. The highest BCUT2D eigenvalue weighted by atomic mass is 32.2. The van der Waals surface area contributed by atoms with E-state index in [0.717, 1.165) is 28.9 Å². The summed E-state index contributed by atoms with van der Waals surface area (Å²) in [4.78, 5) is 24.0. The zero-order valence-electron chi connectivity index (χ0n) is 18.6. The smallest absolute Gasteiger partial charge is 0.352 e. The van der Waals surface area contributed by atoms with Gasteiger partial charge < -0.3 is 10.6 Å². The zero-order valence-corrected chi connectivity index (χ0v) is 19.4. The molecule has 2 aromatic rings. The van der Waals surface area contributed by atoms with Crippen LogP contribution in [0.15, 0.2) is 53.4 Å². The lowest BCUT2D eigenvalue weighted by Crippen LogP contribution is -2.41. The van der Waals surface area contributed by atoms with Crippen molar-refractivity contribution in [2.75, 3.05) is 25.0 Å². The second-order valence-corrected chi connectivity index (χ2v) is 9.90. The molecule has 7 nitrogen and oxygen atoms in total. The molecule has 0 atom stereocenters. The van der Waals surface area contributed by atoms with Crippen LogP contribution in [-0.4, -0.2) is 44.2 Å². The van der Waals surface area contributed by atoms with Crippen LogP contribution in [0.1, 0.15) is 42.1 Å². The predicted octanol–water partition coefficient (Wildman–Crippen LogP) is 3.88. The lowest BCUT2D eigenvalue weighted by Gasteiger charge is -2.31. The fraction of sp³-hybridized carbons (Fsp3) is 0.391. The molecule has 0 saturated carbocycles. The number of piperidine rings is 1. The van der Waals surface area contributed by atoms with E-state index in [1.165, 1.54) is 6.07 Å². The third-order valence-corrected chi connectivity index (χ3v) is 7.52. The van der Waals surface area contributed by atoms with E-state index in [4.69, 9.17) is 0 Å². The minimum atomic E-state index is -4.80. The number of carbonyl (C=O) groups excluding carboxylic acids is 2. The van der Waals surface area contributed by atoms with Gasteiger partial charge in [-0.25, -0.2) is 8.42 Å². The first-order valence-electron chi connectivity index (χ1n) is 10.9. The Kier molecular flexibility index (Phi) is 7.98. The van der Waals surface area contributed by atoms with Gasteiger partial charge in [-0.05, 0) is 49.6 Å². The van der Waals surface area contributed by atoms with Gasteiger partial charge in [-0.3, -0.25) is 9.59 Å². The number of carbonyl (C=O) groups is 2. The van der Waals surface area contributed by atoms with Gasteiger partial charge in [-0.15, -0.1) is 0 Å². The largest absolute Gasteiger partial charge is 0.417 e. The first kappa shape index (κ1) is 25.7. The minimum absolute atomic E-state index is 0.0773. The zero-order chi connectivity index (χ0) is 24.9. The highest BCUT2D eigenvalue weighted by Gasteiger charge is 2.40. The van der Waals surface area contributed by atoms with Crippen molar-refractivity contribution in [1.82, 2.24) is 9.62 Å². The fourth-order valence-electron chi connectivity index (χ4n) is 3.75. The number of nitrogens with zero attached hydrogens (tertiary/aromatic N) is 1. The maximum atomic E-state index is 13.3. The molecule has 1 saturated heterocycles. The van der Waals surface area contributed by atoms with E-state index in [1.54, 1.807) is 24.3 Å². The van der Waals surface area contributed by atoms with Gasteiger partial charge in [-0.2, -0.15) is 17.5 Å². The second kappa shape index (κ2) is 10.6. The molecule has 1 fully saturated rings. The molecule has 0 radical (unpaired) electrons. The van der Waals surface area contributed by atoms with Crippen LogP contribution in [0.5, 0.6) is 0 Å². The average Bonchev–Trinajstić information content (AvgIpc) is 2.82. The van der Waals surface area contributed by atoms with Crippen LogP contribution < -0.4 is 10.6 Å². The van der Waals surface area contributed by atoms with Gasteiger partial charge in [0.1, 0.15) is 0 Å². The summed E-state index contributed by atoms with van der Waals surface area (Å²) in [5.41, 5.74) is -0.378. The Morgan fingerprint density at radius 2 is 1.74 bits per heavy atom. The standard InChI is InChI=1S/C23H26F3N3O4S/c1-2-12-27-21(30)17-6-5-7-18(15-17)28-22(31)16-10-13-29(14-11-16)34(32,33)20-9-4-3-8-19(20)23(24,25)26/h3-9,15-16H,2,10-14H2,1H3,(H,27,30)(H,28,31). The van der Waals surface area contributed by atoms with Crippen LogP contribution >= 0.6 is 0 Å². The Labute approximate surface area is 196 Å². The van der Waals surface area contributed by atoms with Crippen LogP contribution in [0.4, 0.5) is 18.9 Å². The van der Waals surface area contributed by atoms with E-state index in [9.17, 15) is 31.2 Å². The summed E-state index contributed by atoms with van der Waals surface area (Å²) < 4.78 is 66.7. The Balaban J connectivity index is 1.64. The minimum Gasteiger partial charge on any atom is -0.352 e. The van der Waals surface area contributed by atoms with Crippen LogP contribution in [0, 0.1) is 5.92 Å². The van der Waals surface area contributed by atoms with Crippen molar-refractivity contribution in [3.05, 3.63) is 59.7 Å². The number of hydrogen-bond acceptors (Lipinski definition) is 4. The SMILES string of the molecule is CCCNC(=O)c1cccc(NC(=O)C2CCN(S(=O)(=O)c3ccccc3C(F)(F)F)CC2)c1. The van der Waals surface area contributed by atoms with Gasteiger partial charge in [0.25, 0.3) is 5.91 Å². The highest BCUT2D eigenvalue weighted by molar-refractivity contribution is 7.89. The number of rotatable bonds is 7. The molecular formula is C23H26F3N3O4S. The summed E-state index contributed by atoms with van der Waals surface area (Å²) in [6, 6.07) is 10.5. The van der Waals surface area contributed by atoms with Crippen molar-refractivity contribution >= 4 is 27.5 Å². The third kappa shape index (κ3) is 5.95. The van der Waals surface area contributed by atoms with Crippen LogP contribution in [0.3, 0.4) is 0 Å². The summed E-state index contributed by atoms with van der Waals surface area (Å²) in [5, 5.41) is 5.50. The van der Waals surface area contributed by atoms with Crippen molar-refractivity contribution in [3.8, 4) is 0 Å². The molecule has 34 heavy (non-hydrogen) atoms. The Morgan fingerprint density at radius 3 is 2.38 bits per heavy atom. The molecule has 2 N–H and O–H groups in total. The first-order valence-corrected chi connectivity index (χ1v) is 12.3. The average molecular weight is 498 g/mol. The summed E-state index contributed by atoms with van der Waals surface area (Å²) in [6.07, 6.45) is -3.69. The number of halogens is 3. The molecule has 0 aliphatic carbocycles. The molecule has 184 valence electrons. The molecule has 1 aliphatic heterocycles. The van der Waals surface area contributed by atoms with E-state index >= 15 is 0 Å². The second-order valence-electron chi connectivity index (χ2n) is 8.00. The predicted molar refractivity (Wildman–Crippen MR) is 121 cm³/mol. The molecule has 0 unspecified atom stereocenters. The molecule has 11 heteroatoms. The van der Waals surface area contributed by atoms with E-state index in [1.807, 2.05) is 6.92 Å². The molecule has 3 rings (SSSR count). The Bertz CT molecular complexity index is 1140. The van der Waals surface area contributed by atoms with Gasteiger partial charge >= 0.3 is 6.18 Å². The van der Waals surface area contributed by atoms with Crippen molar-refractivity contribution < 1.29 is 31.2 Å². The Morgan fingerprint density at radius 1 is 1.06 bits per heavy atom. The monoisotopic (exact) mass is 497 g/mol. The molecule has 1 heterocycles. The van der Waals surface area contributed by atoms with Crippen molar-refractivity contribution in [2.45, 2.75) is 37.3 Å². The Hall–Kier alpha value is -2.92. The topological polar surface area (TPSA) is 95.6 Å². The van der Waals surface area contributed by atoms with Crippen molar-refractivity contribution in [3.63, 3.8) is 0 Å². The van der Waals surface area contributed by atoms with Gasteiger partial charge in [0, 0.05) is 36.8 Å². The molecular weight excluding hydrogens is 471 g/mol. The number of sulfonamides is 1. The number of hydrogen-bond donors (Lipinski definition) is 2. The van der Waals surface area contributed by atoms with Crippen LogP contribution in [0.2, 0.25) is 0 Å². The molecule has 0 aromatic heterocycles. The number of amides is 2. The summed E-state index contributed by atoms with van der Waals surface area (Å²) >= 11 is 0.